The average Bonchev–Trinajstić information content (AvgIpc) is 3.19. The van der Waals surface area contributed by atoms with Crippen LogP contribution in [-0.2, 0) is 12.8 Å². The lowest BCUT2D eigenvalue weighted by Crippen LogP contribution is -2.29. The summed E-state index contributed by atoms with van der Waals surface area (Å²) in [5.74, 6) is 8.67. The van der Waals surface area contributed by atoms with Crippen LogP contribution in [0.15, 0.2) is 22.4 Å². The zero-order valence-electron chi connectivity index (χ0n) is 19.2. The van der Waals surface area contributed by atoms with Crippen molar-refractivity contribution < 1.29 is 9.26 Å². The molecule has 0 atom stereocenters. The zero-order valence-corrected chi connectivity index (χ0v) is 19.2. The van der Waals surface area contributed by atoms with Crippen LogP contribution in [0, 0.1) is 12.8 Å². The molecule has 0 aliphatic heterocycles. The molecule has 1 aliphatic rings. The normalized spacial score (nSPS) is 15.8. The Morgan fingerprint density at radius 2 is 1.97 bits per heavy atom. The molecular weight excluding hydrogens is 392 g/mol. The topological polar surface area (TPSA) is 116 Å². The van der Waals surface area contributed by atoms with Gasteiger partial charge in [0, 0.05) is 13.5 Å². The Morgan fingerprint density at radius 1 is 1.23 bits per heavy atom. The van der Waals surface area contributed by atoms with E-state index in [0.29, 0.717) is 41.1 Å². The van der Waals surface area contributed by atoms with Gasteiger partial charge in [-0.05, 0) is 57.1 Å². The molecule has 170 valence electrons. The minimum atomic E-state index is 0.279. The Morgan fingerprint density at radius 3 is 2.61 bits per heavy atom. The fourth-order valence-electron chi connectivity index (χ4n) is 3.77. The Kier molecular flexibility index (Phi) is 7.90. The molecule has 2 aromatic rings. The van der Waals surface area contributed by atoms with Gasteiger partial charge in [0.2, 0.25) is 5.89 Å². The second-order valence-corrected chi connectivity index (χ2v) is 8.84. The van der Waals surface area contributed by atoms with Crippen LogP contribution in [0.4, 0.5) is 0 Å². The van der Waals surface area contributed by atoms with E-state index in [4.69, 9.17) is 20.8 Å². The van der Waals surface area contributed by atoms with Gasteiger partial charge in [-0.2, -0.15) is 4.98 Å². The number of ether oxygens (including phenoxy) is 1. The second-order valence-electron chi connectivity index (χ2n) is 8.84. The number of aromatic nitrogens is 3. The minimum Gasteiger partial charge on any atom is -0.489 e. The molecule has 0 radical (unpaired) electrons. The van der Waals surface area contributed by atoms with E-state index >= 15 is 0 Å². The molecule has 3 rings (SSSR count). The van der Waals surface area contributed by atoms with Crippen LogP contribution in [0.2, 0.25) is 0 Å². The van der Waals surface area contributed by atoms with Gasteiger partial charge >= 0.3 is 0 Å². The van der Waals surface area contributed by atoms with E-state index in [1.54, 1.807) is 7.05 Å². The van der Waals surface area contributed by atoms with Gasteiger partial charge in [0.05, 0.1) is 35.3 Å². The molecule has 8 nitrogen and oxygen atoms in total. The van der Waals surface area contributed by atoms with Crippen molar-refractivity contribution in [3.05, 3.63) is 40.9 Å². The number of pyridine rings is 1. The predicted octanol–water partition coefficient (Wildman–Crippen LogP) is 3.75. The first-order valence-electron chi connectivity index (χ1n) is 11.3. The molecule has 2 heterocycles. The van der Waals surface area contributed by atoms with Gasteiger partial charge in [0.15, 0.2) is 5.82 Å². The summed E-state index contributed by atoms with van der Waals surface area (Å²) in [6.07, 6.45) is 8.39. The maximum Gasteiger partial charge on any atom is 0.232 e. The first-order chi connectivity index (χ1) is 14.8. The Labute approximate surface area is 185 Å². The number of allylic oxidation sites excluding steroid dienone is 1. The fraction of sp³-hybridized carbons (Fsp3) is 0.609. The highest BCUT2D eigenvalue weighted by atomic mass is 16.5. The van der Waals surface area contributed by atoms with Crippen molar-refractivity contribution in [3.63, 3.8) is 0 Å². The molecule has 31 heavy (non-hydrogen) atoms. The Hall–Kier alpha value is -2.61. The summed E-state index contributed by atoms with van der Waals surface area (Å²) >= 11 is 0. The summed E-state index contributed by atoms with van der Waals surface area (Å²) in [6, 6.07) is 3.83. The number of hydrazine groups is 1. The third-order valence-corrected chi connectivity index (χ3v) is 5.67. The summed E-state index contributed by atoms with van der Waals surface area (Å²) in [6.45, 7) is 6.29. The minimum absolute atomic E-state index is 0.279. The summed E-state index contributed by atoms with van der Waals surface area (Å²) in [7, 11) is 1.74. The summed E-state index contributed by atoms with van der Waals surface area (Å²) < 4.78 is 11.6. The van der Waals surface area contributed by atoms with Gasteiger partial charge in [0.25, 0.3) is 0 Å². The van der Waals surface area contributed by atoms with Crippen LogP contribution in [0.1, 0.15) is 75.5 Å². The third-order valence-electron chi connectivity index (χ3n) is 5.67. The highest BCUT2D eigenvalue weighted by molar-refractivity contribution is 5.63. The second kappa shape index (κ2) is 10.6. The molecule has 1 saturated carbocycles. The largest absolute Gasteiger partial charge is 0.489 e. The van der Waals surface area contributed by atoms with Crippen molar-refractivity contribution in [3.8, 4) is 5.75 Å². The summed E-state index contributed by atoms with van der Waals surface area (Å²) in [5.41, 5.74) is 9.09. The van der Waals surface area contributed by atoms with E-state index in [0.717, 1.165) is 37.1 Å². The van der Waals surface area contributed by atoms with E-state index in [1.807, 2.05) is 19.1 Å². The summed E-state index contributed by atoms with van der Waals surface area (Å²) in [5, 5.41) is 5.56. The van der Waals surface area contributed by atoms with Crippen molar-refractivity contribution in [2.45, 2.75) is 78.2 Å². The molecule has 0 bridgehead atoms. The van der Waals surface area contributed by atoms with Crippen molar-refractivity contribution >= 4 is 5.70 Å². The van der Waals surface area contributed by atoms with Gasteiger partial charge in [-0.1, -0.05) is 25.4 Å². The first kappa shape index (κ1) is 23.1. The standard InChI is InChI=1S/C23H36N6O2/c1-15(2)10-13-21-27-22(31-28-21)14-19(29(4)25)23(24)18-11-12-20(16(3)26-18)30-17-8-6-5-7-9-17/h11-12,15,17H,5-10,13-14,24-25H2,1-4H3/b23-19-. The molecule has 8 heteroatoms. The van der Waals surface area contributed by atoms with Gasteiger partial charge in [-0.15, -0.1) is 0 Å². The van der Waals surface area contributed by atoms with E-state index in [-0.39, 0.29) is 6.10 Å². The van der Waals surface area contributed by atoms with Crippen molar-refractivity contribution in [2.75, 3.05) is 7.05 Å². The molecule has 0 unspecified atom stereocenters. The highest BCUT2D eigenvalue weighted by Gasteiger charge is 2.19. The van der Waals surface area contributed by atoms with Crippen molar-refractivity contribution in [1.29, 1.82) is 0 Å². The number of rotatable bonds is 9. The molecule has 0 saturated heterocycles. The third kappa shape index (κ3) is 6.43. The van der Waals surface area contributed by atoms with Crippen LogP contribution >= 0.6 is 0 Å². The van der Waals surface area contributed by atoms with Crippen LogP contribution in [0.5, 0.6) is 5.75 Å². The Balaban J connectivity index is 1.75. The molecule has 4 N–H and O–H groups in total. The number of hydrogen-bond acceptors (Lipinski definition) is 8. The average molecular weight is 429 g/mol. The first-order valence-corrected chi connectivity index (χ1v) is 11.3. The summed E-state index contributed by atoms with van der Waals surface area (Å²) in [4.78, 5) is 9.17. The molecule has 2 aromatic heterocycles. The molecule has 1 fully saturated rings. The van der Waals surface area contributed by atoms with Crippen molar-refractivity contribution in [2.24, 2.45) is 17.5 Å². The molecule has 1 aliphatic carbocycles. The number of hydrogen-bond donors (Lipinski definition) is 2. The van der Waals surface area contributed by atoms with E-state index in [2.05, 4.69) is 29.0 Å². The maximum atomic E-state index is 6.46. The quantitative estimate of drug-likeness (QED) is 0.458. The maximum absolute atomic E-state index is 6.46. The number of nitrogens with two attached hydrogens (primary N) is 2. The molecule has 0 amide bonds. The van der Waals surface area contributed by atoms with E-state index < -0.39 is 0 Å². The highest BCUT2D eigenvalue weighted by Crippen LogP contribution is 2.26. The lowest BCUT2D eigenvalue weighted by molar-refractivity contribution is 0.153. The number of aryl methyl sites for hydroxylation is 2. The molecule has 0 spiro atoms. The van der Waals surface area contributed by atoms with E-state index in [9.17, 15) is 0 Å². The van der Waals surface area contributed by atoms with Gasteiger partial charge in [-0.25, -0.2) is 10.8 Å². The lowest BCUT2D eigenvalue weighted by Gasteiger charge is -2.24. The zero-order chi connectivity index (χ0) is 22.4. The van der Waals surface area contributed by atoms with Crippen molar-refractivity contribution in [1.82, 2.24) is 20.1 Å². The fourth-order valence-corrected chi connectivity index (χ4v) is 3.77. The van der Waals surface area contributed by atoms with Gasteiger partial charge < -0.3 is 20.0 Å². The molecular formula is C23H36N6O2. The van der Waals surface area contributed by atoms with Crippen LogP contribution in [0.3, 0.4) is 0 Å². The Bertz CT molecular complexity index is 884. The lowest BCUT2D eigenvalue weighted by atomic mass is 9.98. The predicted molar refractivity (Wildman–Crippen MR) is 121 cm³/mol. The van der Waals surface area contributed by atoms with Crippen LogP contribution in [0.25, 0.3) is 5.70 Å². The smallest absolute Gasteiger partial charge is 0.232 e. The number of nitrogens with zero attached hydrogens (tertiary/aromatic N) is 4. The van der Waals surface area contributed by atoms with Gasteiger partial charge in [-0.3, -0.25) is 0 Å². The molecule has 0 aromatic carbocycles. The van der Waals surface area contributed by atoms with Crippen LogP contribution in [-0.4, -0.2) is 33.3 Å². The number of likely N-dealkylation sites (N-methyl/N-ethyl adjacent to an activating group) is 1. The monoisotopic (exact) mass is 428 g/mol. The van der Waals surface area contributed by atoms with Gasteiger partial charge in [0.1, 0.15) is 5.75 Å². The van der Waals surface area contributed by atoms with E-state index in [1.165, 1.54) is 24.3 Å². The SMILES string of the molecule is Cc1nc(/C(N)=C(\Cc2nc(CCC(C)C)no2)N(C)N)ccc1OC1CCCCC1. The van der Waals surface area contributed by atoms with Crippen LogP contribution < -0.4 is 16.3 Å².